The number of rotatable bonds is 5. The van der Waals surface area contributed by atoms with E-state index in [4.69, 9.17) is 4.74 Å². The molecule has 0 spiro atoms. The largest absolute Gasteiger partial charge is 0.366 e. The monoisotopic (exact) mass is 262 g/mol. The maximum absolute atomic E-state index is 12.1. The summed E-state index contributed by atoms with van der Waals surface area (Å²) in [4.78, 5) is 14.1. The summed E-state index contributed by atoms with van der Waals surface area (Å²) in [6, 6.07) is 10.1. The van der Waals surface area contributed by atoms with E-state index in [-0.39, 0.29) is 18.2 Å². The summed E-state index contributed by atoms with van der Waals surface area (Å²) < 4.78 is 5.32. The minimum Gasteiger partial charge on any atom is -0.366 e. The van der Waals surface area contributed by atoms with Crippen LogP contribution in [0.15, 0.2) is 30.3 Å². The van der Waals surface area contributed by atoms with Gasteiger partial charge in [-0.3, -0.25) is 9.69 Å². The molecule has 4 nitrogen and oxygen atoms in total. The fraction of sp³-hybridized carbons (Fsp3) is 0.533. The van der Waals surface area contributed by atoms with Crippen molar-refractivity contribution in [1.29, 1.82) is 0 Å². The predicted octanol–water partition coefficient (Wildman–Crippen LogP) is 1.41. The van der Waals surface area contributed by atoms with Gasteiger partial charge in [-0.05, 0) is 31.9 Å². The lowest BCUT2D eigenvalue weighted by molar-refractivity contribution is -0.127. The SMILES string of the molecule is COC1CC[C@@H](C(=O)NCCc2ccccc2)N1C. The van der Waals surface area contributed by atoms with Crippen LogP contribution in [0.5, 0.6) is 0 Å². The number of hydrogen-bond donors (Lipinski definition) is 1. The molecule has 0 saturated carbocycles. The van der Waals surface area contributed by atoms with Crippen LogP contribution in [0.25, 0.3) is 0 Å². The third-order valence-corrected chi connectivity index (χ3v) is 3.76. The van der Waals surface area contributed by atoms with Gasteiger partial charge in [-0.25, -0.2) is 0 Å². The number of likely N-dealkylation sites (N-methyl/N-ethyl adjacent to an activating group) is 1. The van der Waals surface area contributed by atoms with Crippen LogP contribution in [-0.2, 0) is 16.0 Å². The molecule has 1 heterocycles. The Bertz CT molecular complexity index is 408. The van der Waals surface area contributed by atoms with Crippen molar-refractivity contribution in [2.75, 3.05) is 20.7 Å². The van der Waals surface area contributed by atoms with Gasteiger partial charge in [-0.2, -0.15) is 0 Å². The zero-order valence-electron chi connectivity index (χ0n) is 11.6. The van der Waals surface area contributed by atoms with Gasteiger partial charge in [0.05, 0.1) is 6.04 Å². The van der Waals surface area contributed by atoms with Crippen molar-refractivity contribution in [3.63, 3.8) is 0 Å². The maximum atomic E-state index is 12.1. The molecule has 1 aromatic carbocycles. The molecule has 0 bridgehead atoms. The molecule has 1 amide bonds. The van der Waals surface area contributed by atoms with Gasteiger partial charge in [-0.15, -0.1) is 0 Å². The van der Waals surface area contributed by atoms with Crippen LogP contribution in [0.1, 0.15) is 18.4 Å². The van der Waals surface area contributed by atoms with Crippen LogP contribution < -0.4 is 5.32 Å². The van der Waals surface area contributed by atoms with Crippen molar-refractivity contribution >= 4 is 5.91 Å². The summed E-state index contributed by atoms with van der Waals surface area (Å²) in [5.74, 6) is 0.109. The summed E-state index contributed by atoms with van der Waals surface area (Å²) in [7, 11) is 3.64. The molecular formula is C15H22N2O2. The minimum absolute atomic E-state index is 0.0549. The van der Waals surface area contributed by atoms with Gasteiger partial charge in [0.15, 0.2) is 0 Å². The summed E-state index contributed by atoms with van der Waals surface area (Å²) in [5, 5.41) is 3.01. The summed E-state index contributed by atoms with van der Waals surface area (Å²) in [5.41, 5.74) is 1.25. The molecule has 1 N–H and O–H groups in total. The number of benzene rings is 1. The minimum atomic E-state index is -0.0549. The van der Waals surface area contributed by atoms with Gasteiger partial charge in [0.1, 0.15) is 6.23 Å². The highest BCUT2D eigenvalue weighted by Gasteiger charge is 2.34. The van der Waals surface area contributed by atoms with E-state index in [2.05, 4.69) is 17.4 Å². The molecule has 0 radical (unpaired) electrons. The average Bonchev–Trinajstić information content (AvgIpc) is 2.81. The summed E-state index contributed by atoms with van der Waals surface area (Å²) in [6.07, 6.45) is 2.73. The Kier molecular flexibility index (Phi) is 4.93. The first-order chi connectivity index (χ1) is 9.22. The normalized spacial score (nSPS) is 23.5. The number of amides is 1. The van der Waals surface area contributed by atoms with Crippen molar-refractivity contribution in [2.24, 2.45) is 0 Å². The Hall–Kier alpha value is -1.39. The van der Waals surface area contributed by atoms with Crippen LogP contribution in [0.2, 0.25) is 0 Å². The first-order valence-electron chi connectivity index (χ1n) is 6.78. The number of nitrogens with one attached hydrogen (secondary N) is 1. The van der Waals surface area contributed by atoms with Crippen LogP contribution in [0.4, 0.5) is 0 Å². The van der Waals surface area contributed by atoms with Gasteiger partial charge < -0.3 is 10.1 Å². The molecule has 0 aliphatic carbocycles. The maximum Gasteiger partial charge on any atom is 0.237 e. The fourth-order valence-corrected chi connectivity index (χ4v) is 2.60. The first kappa shape index (κ1) is 14.0. The number of carbonyl (C=O) groups excluding carboxylic acids is 1. The first-order valence-corrected chi connectivity index (χ1v) is 6.78. The highest BCUT2D eigenvalue weighted by Crippen LogP contribution is 2.22. The molecule has 4 heteroatoms. The Balaban J connectivity index is 1.76. The summed E-state index contributed by atoms with van der Waals surface area (Å²) >= 11 is 0. The molecule has 1 saturated heterocycles. The number of ether oxygens (including phenoxy) is 1. The van der Waals surface area contributed by atoms with Crippen molar-refractivity contribution in [2.45, 2.75) is 31.5 Å². The Morgan fingerprint density at radius 3 is 2.74 bits per heavy atom. The van der Waals surface area contributed by atoms with Gasteiger partial charge in [0.25, 0.3) is 0 Å². The van der Waals surface area contributed by atoms with Crippen LogP contribution in [0, 0.1) is 0 Å². The van der Waals surface area contributed by atoms with Crippen molar-refractivity contribution in [3.8, 4) is 0 Å². The number of carbonyl (C=O) groups is 1. The lowest BCUT2D eigenvalue weighted by Crippen LogP contribution is -2.44. The quantitative estimate of drug-likeness (QED) is 0.872. The summed E-state index contributed by atoms with van der Waals surface area (Å²) in [6.45, 7) is 0.685. The van der Waals surface area contributed by atoms with Gasteiger partial charge >= 0.3 is 0 Å². The van der Waals surface area contributed by atoms with Crippen LogP contribution in [0.3, 0.4) is 0 Å². The Morgan fingerprint density at radius 2 is 2.11 bits per heavy atom. The smallest absolute Gasteiger partial charge is 0.237 e. The molecule has 2 rings (SSSR count). The Labute approximate surface area is 114 Å². The highest BCUT2D eigenvalue weighted by atomic mass is 16.5. The van der Waals surface area contributed by atoms with Crippen molar-refractivity contribution in [3.05, 3.63) is 35.9 Å². The van der Waals surface area contributed by atoms with Gasteiger partial charge in [0.2, 0.25) is 5.91 Å². The van der Waals surface area contributed by atoms with Crippen molar-refractivity contribution in [1.82, 2.24) is 10.2 Å². The van der Waals surface area contributed by atoms with E-state index in [9.17, 15) is 4.79 Å². The molecule has 0 aromatic heterocycles. The van der Waals surface area contributed by atoms with E-state index in [0.717, 1.165) is 19.3 Å². The van der Waals surface area contributed by atoms with Gasteiger partial charge in [0, 0.05) is 13.7 Å². The molecular weight excluding hydrogens is 240 g/mol. The van der Waals surface area contributed by atoms with E-state index < -0.39 is 0 Å². The lowest BCUT2D eigenvalue weighted by atomic mass is 10.1. The number of hydrogen-bond acceptors (Lipinski definition) is 3. The molecule has 104 valence electrons. The number of methoxy groups -OCH3 is 1. The second kappa shape index (κ2) is 6.68. The number of nitrogens with zero attached hydrogens (tertiary/aromatic N) is 1. The molecule has 1 aliphatic rings. The molecule has 1 aliphatic heterocycles. The fourth-order valence-electron chi connectivity index (χ4n) is 2.60. The lowest BCUT2D eigenvalue weighted by Gasteiger charge is -2.23. The molecule has 1 aromatic rings. The van der Waals surface area contributed by atoms with Crippen LogP contribution in [-0.4, -0.2) is 43.8 Å². The van der Waals surface area contributed by atoms with E-state index >= 15 is 0 Å². The zero-order valence-corrected chi connectivity index (χ0v) is 11.6. The third-order valence-electron chi connectivity index (χ3n) is 3.76. The predicted molar refractivity (Wildman–Crippen MR) is 74.7 cm³/mol. The standard InChI is InChI=1S/C15H22N2O2/c1-17-13(8-9-14(17)19-2)15(18)16-11-10-12-6-4-3-5-7-12/h3-7,13-14H,8-11H2,1-2H3,(H,16,18)/t13-,14?/m0/s1. The second-order valence-corrected chi connectivity index (χ2v) is 4.98. The van der Waals surface area contributed by atoms with Crippen LogP contribution >= 0.6 is 0 Å². The van der Waals surface area contributed by atoms with E-state index in [1.165, 1.54) is 5.56 Å². The zero-order chi connectivity index (χ0) is 13.7. The van der Waals surface area contributed by atoms with E-state index in [0.29, 0.717) is 6.54 Å². The number of likely N-dealkylation sites (tertiary alicyclic amines) is 1. The molecule has 1 fully saturated rings. The molecule has 1 unspecified atom stereocenters. The Morgan fingerprint density at radius 1 is 1.37 bits per heavy atom. The van der Waals surface area contributed by atoms with E-state index in [1.54, 1.807) is 7.11 Å². The third kappa shape index (κ3) is 3.55. The van der Waals surface area contributed by atoms with E-state index in [1.807, 2.05) is 30.1 Å². The van der Waals surface area contributed by atoms with Gasteiger partial charge in [-0.1, -0.05) is 30.3 Å². The second-order valence-electron chi connectivity index (χ2n) is 4.98. The topological polar surface area (TPSA) is 41.6 Å². The highest BCUT2D eigenvalue weighted by molar-refractivity contribution is 5.82. The molecule has 19 heavy (non-hydrogen) atoms. The molecule has 2 atom stereocenters. The average molecular weight is 262 g/mol. The van der Waals surface area contributed by atoms with Crippen molar-refractivity contribution < 1.29 is 9.53 Å².